The van der Waals surface area contributed by atoms with Crippen LogP contribution in [0, 0.1) is 11.8 Å². The summed E-state index contributed by atoms with van der Waals surface area (Å²) in [5, 5.41) is 9.67. The first kappa shape index (κ1) is 14.6. The zero-order valence-electron chi connectivity index (χ0n) is 12.2. The molecule has 112 valence electrons. The Morgan fingerprint density at radius 2 is 2.09 bits per heavy atom. The molecule has 0 saturated carbocycles. The maximum Gasteiger partial charge on any atom is 0.262 e. The van der Waals surface area contributed by atoms with E-state index in [4.69, 9.17) is 4.74 Å². The fourth-order valence-corrected chi connectivity index (χ4v) is 2.89. The first-order valence-electron chi connectivity index (χ1n) is 6.64. The molecule has 3 aromatic rings. The number of ether oxygens (including phenoxy) is 1. The number of aromatic nitrogens is 4. The highest BCUT2D eigenvalue weighted by Crippen LogP contribution is 2.20. The zero-order valence-corrected chi connectivity index (χ0v) is 13.1. The molecule has 0 N–H and O–H groups in total. The highest BCUT2D eigenvalue weighted by atomic mass is 32.2. The largest absolute Gasteiger partial charge is 0.372 e. The van der Waals surface area contributed by atoms with Gasteiger partial charge in [0.05, 0.1) is 16.7 Å². The van der Waals surface area contributed by atoms with E-state index in [0.29, 0.717) is 28.7 Å². The Morgan fingerprint density at radius 1 is 1.27 bits per heavy atom. The van der Waals surface area contributed by atoms with Gasteiger partial charge in [0.2, 0.25) is 5.78 Å². The minimum Gasteiger partial charge on any atom is -0.372 e. The molecule has 0 spiro atoms. The molecular weight excluding hydrogens is 300 g/mol. The third-order valence-electron chi connectivity index (χ3n) is 3.21. The second-order valence-corrected chi connectivity index (χ2v) is 5.52. The molecule has 6 nitrogen and oxygen atoms in total. The normalized spacial score (nSPS) is 10.8. The maximum atomic E-state index is 12.3. The summed E-state index contributed by atoms with van der Waals surface area (Å²) in [4.78, 5) is 12.3. The van der Waals surface area contributed by atoms with Gasteiger partial charge in [-0.1, -0.05) is 35.7 Å². The fraction of sp³-hybridized carbons (Fsp3) is 0.267. The lowest BCUT2D eigenvalue weighted by Crippen LogP contribution is -2.20. The molecule has 22 heavy (non-hydrogen) atoms. The Morgan fingerprint density at radius 3 is 2.91 bits per heavy atom. The number of methoxy groups -OCH3 is 1. The summed E-state index contributed by atoms with van der Waals surface area (Å²) in [5.41, 5.74) is 0.727. The molecule has 0 aliphatic rings. The van der Waals surface area contributed by atoms with Crippen LogP contribution in [0.3, 0.4) is 0 Å². The number of aryl methyl sites for hydroxylation is 1. The van der Waals surface area contributed by atoms with Crippen molar-refractivity contribution in [3.05, 3.63) is 34.6 Å². The summed E-state index contributed by atoms with van der Waals surface area (Å²) in [5.74, 6) is 7.01. The average molecular weight is 314 g/mol. The summed E-state index contributed by atoms with van der Waals surface area (Å²) in [7, 11) is 3.31. The molecule has 0 bridgehead atoms. The Hall–Kier alpha value is -2.30. The van der Waals surface area contributed by atoms with Gasteiger partial charge >= 0.3 is 0 Å². The Labute approximate surface area is 131 Å². The van der Waals surface area contributed by atoms with Crippen LogP contribution in [0.15, 0.2) is 34.2 Å². The van der Waals surface area contributed by atoms with Crippen LogP contribution in [-0.2, 0) is 11.8 Å². The number of para-hydroxylation sites is 1. The minimum atomic E-state index is -0.0769. The van der Waals surface area contributed by atoms with Crippen molar-refractivity contribution in [3.8, 4) is 11.8 Å². The van der Waals surface area contributed by atoms with Gasteiger partial charge in [-0.05, 0) is 12.1 Å². The van der Waals surface area contributed by atoms with Crippen molar-refractivity contribution in [1.82, 2.24) is 19.2 Å². The van der Waals surface area contributed by atoms with Gasteiger partial charge in [0.1, 0.15) is 6.61 Å². The topological polar surface area (TPSA) is 61.4 Å². The quantitative estimate of drug-likeness (QED) is 0.539. The lowest BCUT2D eigenvalue weighted by Gasteiger charge is -2.06. The molecule has 7 heteroatoms. The standard InChI is InChI=1S/C15H14N4O2S/c1-18-13(20)11-7-3-4-8-12(11)19-14(18)16-17-15(19)22-10-6-5-9-21-2/h3-4,7-8H,9-10H2,1-2H3. The van der Waals surface area contributed by atoms with E-state index in [2.05, 4.69) is 22.0 Å². The second kappa shape index (κ2) is 6.22. The number of rotatable bonds is 3. The van der Waals surface area contributed by atoms with Crippen LogP contribution in [0.2, 0.25) is 0 Å². The van der Waals surface area contributed by atoms with E-state index in [9.17, 15) is 4.79 Å². The van der Waals surface area contributed by atoms with Gasteiger partial charge in [-0.15, -0.1) is 10.2 Å². The van der Waals surface area contributed by atoms with E-state index in [1.165, 1.54) is 16.3 Å². The summed E-state index contributed by atoms with van der Waals surface area (Å²) < 4.78 is 8.28. The molecule has 0 fully saturated rings. The van der Waals surface area contributed by atoms with E-state index >= 15 is 0 Å². The van der Waals surface area contributed by atoms with Gasteiger partial charge < -0.3 is 4.74 Å². The molecule has 0 atom stereocenters. The van der Waals surface area contributed by atoms with Crippen LogP contribution in [0.1, 0.15) is 0 Å². The van der Waals surface area contributed by atoms with Crippen LogP contribution in [0.5, 0.6) is 0 Å². The van der Waals surface area contributed by atoms with Crippen molar-refractivity contribution in [2.45, 2.75) is 5.16 Å². The Bertz CT molecular complexity index is 949. The highest BCUT2D eigenvalue weighted by molar-refractivity contribution is 7.99. The molecular formula is C15H14N4O2S. The van der Waals surface area contributed by atoms with E-state index in [1.807, 2.05) is 28.7 Å². The van der Waals surface area contributed by atoms with Crippen LogP contribution in [-0.4, -0.2) is 38.6 Å². The van der Waals surface area contributed by atoms with E-state index in [1.54, 1.807) is 14.2 Å². The number of hydrogen-bond acceptors (Lipinski definition) is 5. The molecule has 2 aromatic heterocycles. The first-order valence-corrected chi connectivity index (χ1v) is 7.63. The minimum absolute atomic E-state index is 0.0769. The van der Waals surface area contributed by atoms with Gasteiger partial charge in [-0.25, -0.2) is 0 Å². The Kier molecular flexibility index (Phi) is 4.13. The van der Waals surface area contributed by atoms with Crippen molar-refractivity contribution in [3.63, 3.8) is 0 Å². The van der Waals surface area contributed by atoms with E-state index < -0.39 is 0 Å². The van der Waals surface area contributed by atoms with Gasteiger partial charge in [0.15, 0.2) is 5.16 Å². The molecule has 0 aliphatic carbocycles. The number of nitrogens with zero attached hydrogens (tertiary/aromatic N) is 4. The van der Waals surface area contributed by atoms with Gasteiger partial charge in [-0.3, -0.25) is 13.8 Å². The average Bonchev–Trinajstić information content (AvgIpc) is 2.97. The smallest absolute Gasteiger partial charge is 0.262 e. The van der Waals surface area contributed by atoms with Crippen LogP contribution in [0.4, 0.5) is 0 Å². The molecule has 0 unspecified atom stereocenters. The monoisotopic (exact) mass is 314 g/mol. The molecule has 0 saturated heterocycles. The maximum absolute atomic E-state index is 12.3. The van der Waals surface area contributed by atoms with Crippen molar-refractivity contribution >= 4 is 28.4 Å². The molecule has 2 heterocycles. The van der Waals surface area contributed by atoms with Gasteiger partial charge in [-0.2, -0.15) is 0 Å². The number of hydrogen-bond donors (Lipinski definition) is 0. The third-order valence-corrected chi connectivity index (χ3v) is 4.02. The van der Waals surface area contributed by atoms with Crippen molar-refractivity contribution in [2.75, 3.05) is 19.5 Å². The zero-order chi connectivity index (χ0) is 15.5. The van der Waals surface area contributed by atoms with Crippen LogP contribution >= 0.6 is 11.8 Å². The molecule has 1 aromatic carbocycles. The fourth-order valence-electron chi connectivity index (χ4n) is 2.18. The predicted molar refractivity (Wildman–Crippen MR) is 86.1 cm³/mol. The van der Waals surface area contributed by atoms with Crippen LogP contribution < -0.4 is 5.56 Å². The van der Waals surface area contributed by atoms with Crippen molar-refractivity contribution < 1.29 is 4.74 Å². The van der Waals surface area contributed by atoms with Crippen molar-refractivity contribution in [2.24, 2.45) is 7.05 Å². The molecule has 3 rings (SSSR count). The van der Waals surface area contributed by atoms with Gasteiger partial charge in [0.25, 0.3) is 5.56 Å². The predicted octanol–water partition coefficient (Wildman–Crippen LogP) is 1.32. The number of benzene rings is 1. The van der Waals surface area contributed by atoms with Gasteiger partial charge in [0, 0.05) is 14.2 Å². The van der Waals surface area contributed by atoms with E-state index in [-0.39, 0.29) is 5.56 Å². The summed E-state index contributed by atoms with van der Waals surface area (Å²) in [6.07, 6.45) is 0. The second-order valence-electron chi connectivity index (χ2n) is 4.57. The van der Waals surface area contributed by atoms with E-state index in [0.717, 1.165) is 5.52 Å². The third kappa shape index (κ3) is 2.47. The lowest BCUT2D eigenvalue weighted by atomic mass is 10.2. The molecule has 0 amide bonds. The summed E-state index contributed by atoms with van der Waals surface area (Å²) in [6.45, 7) is 0.415. The lowest BCUT2D eigenvalue weighted by molar-refractivity contribution is 0.240. The summed E-state index contributed by atoms with van der Waals surface area (Å²) in [6, 6.07) is 7.45. The number of fused-ring (bicyclic) bond motifs is 3. The SMILES string of the molecule is COCC#CCSc1nnc2n(C)c(=O)c3ccccc3n12. The van der Waals surface area contributed by atoms with Crippen LogP contribution in [0.25, 0.3) is 16.7 Å². The summed E-state index contributed by atoms with van der Waals surface area (Å²) >= 11 is 1.48. The molecule has 0 radical (unpaired) electrons. The molecule has 0 aliphatic heterocycles. The Balaban J connectivity index is 2.10. The highest BCUT2D eigenvalue weighted by Gasteiger charge is 2.14. The first-order chi connectivity index (χ1) is 10.7. The van der Waals surface area contributed by atoms with Crippen molar-refractivity contribution in [1.29, 1.82) is 0 Å². The number of thioether (sulfide) groups is 1.